The molecule has 7 nitrogen and oxygen atoms in total. The molecular formula is C18H24N6OS. The van der Waals surface area contributed by atoms with Crippen molar-refractivity contribution in [3.05, 3.63) is 22.6 Å². The van der Waals surface area contributed by atoms with E-state index in [-0.39, 0.29) is 11.7 Å². The van der Waals surface area contributed by atoms with Gasteiger partial charge in [0.25, 0.3) is 5.91 Å². The van der Waals surface area contributed by atoms with Crippen molar-refractivity contribution < 1.29 is 4.79 Å². The summed E-state index contributed by atoms with van der Waals surface area (Å²) in [5, 5.41) is 8.34. The van der Waals surface area contributed by atoms with E-state index >= 15 is 0 Å². The fourth-order valence-electron chi connectivity index (χ4n) is 3.66. The number of rotatable bonds is 5. The third-order valence-electron chi connectivity index (χ3n) is 4.95. The Morgan fingerprint density at radius 1 is 1.46 bits per heavy atom. The van der Waals surface area contributed by atoms with Crippen molar-refractivity contribution in [2.24, 2.45) is 0 Å². The lowest BCUT2D eigenvalue weighted by molar-refractivity contribution is 0.0942. The third-order valence-corrected chi connectivity index (χ3v) is 6.12. The minimum absolute atomic E-state index is 0.215. The summed E-state index contributed by atoms with van der Waals surface area (Å²) in [4.78, 5) is 26.0. The summed E-state index contributed by atoms with van der Waals surface area (Å²) in [6, 6.07) is 0. The molecule has 0 bridgehead atoms. The van der Waals surface area contributed by atoms with Gasteiger partial charge in [-0.2, -0.15) is 0 Å². The lowest BCUT2D eigenvalue weighted by atomic mass is 9.87. The quantitative estimate of drug-likeness (QED) is 0.696. The average molecular weight is 372 g/mol. The predicted octanol–water partition coefficient (Wildman–Crippen LogP) is 2.46. The number of hydrogen-bond donors (Lipinski definition) is 1. The first kappa shape index (κ1) is 17.4. The molecule has 3 aromatic rings. The van der Waals surface area contributed by atoms with Crippen LogP contribution in [0.25, 0.3) is 15.9 Å². The van der Waals surface area contributed by atoms with Crippen LogP contribution in [0.15, 0.2) is 6.33 Å². The molecule has 138 valence electrons. The SMILES string of the molecule is CC1CCCc2sc3ncn4nc(C(=O)NCCCN(C)C)nc4c3c21. The second kappa shape index (κ2) is 6.92. The third kappa shape index (κ3) is 3.07. The summed E-state index contributed by atoms with van der Waals surface area (Å²) in [6.45, 7) is 3.82. The van der Waals surface area contributed by atoms with Crippen LogP contribution in [-0.4, -0.2) is 57.6 Å². The molecule has 0 spiro atoms. The molecule has 3 heterocycles. The highest BCUT2D eigenvalue weighted by Crippen LogP contribution is 2.42. The molecule has 8 heteroatoms. The van der Waals surface area contributed by atoms with Crippen LogP contribution in [0.5, 0.6) is 0 Å². The maximum Gasteiger partial charge on any atom is 0.290 e. The van der Waals surface area contributed by atoms with E-state index in [9.17, 15) is 4.79 Å². The van der Waals surface area contributed by atoms with Crippen molar-refractivity contribution in [3.63, 3.8) is 0 Å². The molecule has 3 aromatic heterocycles. The van der Waals surface area contributed by atoms with Crippen LogP contribution in [0.1, 0.15) is 53.2 Å². The number of amides is 1. The van der Waals surface area contributed by atoms with Gasteiger partial charge in [0.1, 0.15) is 11.2 Å². The Morgan fingerprint density at radius 3 is 3.12 bits per heavy atom. The number of carbonyl (C=O) groups is 1. The highest BCUT2D eigenvalue weighted by molar-refractivity contribution is 7.19. The van der Waals surface area contributed by atoms with Gasteiger partial charge in [0.2, 0.25) is 5.82 Å². The molecule has 1 unspecified atom stereocenters. The summed E-state index contributed by atoms with van der Waals surface area (Å²) >= 11 is 1.76. The lowest BCUT2D eigenvalue weighted by Crippen LogP contribution is -2.28. The average Bonchev–Trinajstić information content (AvgIpc) is 3.19. The Hall–Kier alpha value is -2.06. The van der Waals surface area contributed by atoms with Crippen molar-refractivity contribution in [3.8, 4) is 0 Å². The van der Waals surface area contributed by atoms with Gasteiger partial charge in [-0.05, 0) is 57.8 Å². The number of aromatic nitrogens is 4. The van der Waals surface area contributed by atoms with Gasteiger partial charge in [0.15, 0.2) is 5.65 Å². The van der Waals surface area contributed by atoms with E-state index in [2.05, 4.69) is 32.2 Å². The van der Waals surface area contributed by atoms with E-state index in [1.807, 2.05) is 14.1 Å². The smallest absolute Gasteiger partial charge is 0.290 e. The van der Waals surface area contributed by atoms with Crippen molar-refractivity contribution in [1.82, 2.24) is 29.8 Å². The van der Waals surface area contributed by atoms with Crippen LogP contribution in [-0.2, 0) is 6.42 Å². The second-order valence-electron chi connectivity index (χ2n) is 7.27. The van der Waals surface area contributed by atoms with Gasteiger partial charge < -0.3 is 10.2 Å². The molecule has 1 amide bonds. The zero-order valence-electron chi connectivity index (χ0n) is 15.4. The monoisotopic (exact) mass is 372 g/mol. The van der Waals surface area contributed by atoms with Gasteiger partial charge >= 0.3 is 0 Å². The minimum Gasteiger partial charge on any atom is -0.349 e. The van der Waals surface area contributed by atoms with Crippen LogP contribution >= 0.6 is 11.3 Å². The van der Waals surface area contributed by atoms with Crippen LogP contribution in [0.3, 0.4) is 0 Å². The van der Waals surface area contributed by atoms with Gasteiger partial charge in [-0.15, -0.1) is 16.4 Å². The molecule has 26 heavy (non-hydrogen) atoms. The van der Waals surface area contributed by atoms with E-state index in [0.717, 1.165) is 35.3 Å². The highest BCUT2D eigenvalue weighted by Gasteiger charge is 2.25. The molecule has 1 N–H and O–H groups in total. The maximum absolute atomic E-state index is 12.4. The van der Waals surface area contributed by atoms with Crippen LogP contribution in [0.4, 0.5) is 0 Å². The zero-order chi connectivity index (χ0) is 18.3. The van der Waals surface area contributed by atoms with E-state index in [4.69, 9.17) is 0 Å². The molecule has 4 rings (SSSR count). The Labute approximate surface area is 156 Å². The normalized spacial score (nSPS) is 17.2. The van der Waals surface area contributed by atoms with Crippen molar-refractivity contribution in [2.45, 2.75) is 38.5 Å². The van der Waals surface area contributed by atoms with Crippen LogP contribution < -0.4 is 5.32 Å². The maximum atomic E-state index is 12.4. The first-order valence-electron chi connectivity index (χ1n) is 9.14. The minimum atomic E-state index is -0.224. The Morgan fingerprint density at radius 2 is 2.31 bits per heavy atom. The molecule has 0 fully saturated rings. The Bertz CT molecular complexity index is 960. The molecule has 0 saturated heterocycles. The molecule has 0 radical (unpaired) electrons. The Kier molecular flexibility index (Phi) is 4.62. The molecule has 1 aliphatic carbocycles. The number of carbonyl (C=O) groups excluding carboxylic acids is 1. The number of nitrogens with zero attached hydrogens (tertiary/aromatic N) is 5. The zero-order valence-corrected chi connectivity index (χ0v) is 16.3. The van der Waals surface area contributed by atoms with Gasteiger partial charge in [0.05, 0.1) is 5.39 Å². The highest BCUT2D eigenvalue weighted by atomic mass is 32.1. The molecule has 0 aliphatic heterocycles. The number of thiophene rings is 1. The molecule has 0 aromatic carbocycles. The summed E-state index contributed by atoms with van der Waals surface area (Å²) in [5.41, 5.74) is 2.11. The Balaban J connectivity index is 1.66. The van der Waals surface area contributed by atoms with Crippen molar-refractivity contribution >= 4 is 33.1 Å². The van der Waals surface area contributed by atoms with Crippen molar-refractivity contribution in [2.75, 3.05) is 27.2 Å². The van der Waals surface area contributed by atoms with Gasteiger partial charge in [-0.25, -0.2) is 14.5 Å². The van der Waals surface area contributed by atoms with Gasteiger partial charge in [-0.1, -0.05) is 6.92 Å². The van der Waals surface area contributed by atoms with E-state index in [1.54, 1.807) is 22.2 Å². The standard InChI is InChI=1S/C18H24N6OS/c1-11-6-4-7-12-13(11)14-16-21-15(17(25)19-8-5-9-23(2)3)22-24(16)10-20-18(14)26-12/h10-11H,4-9H2,1-3H3,(H,19,25). The first-order valence-corrected chi connectivity index (χ1v) is 9.96. The summed E-state index contributed by atoms with van der Waals surface area (Å²) < 4.78 is 1.64. The lowest BCUT2D eigenvalue weighted by Gasteiger charge is -2.18. The number of fused-ring (bicyclic) bond motifs is 5. The van der Waals surface area contributed by atoms with E-state index < -0.39 is 0 Å². The van der Waals surface area contributed by atoms with Gasteiger partial charge in [-0.3, -0.25) is 4.79 Å². The topological polar surface area (TPSA) is 75.4 Å². The predicted molar refractivity (Wildman–Crippen MR) is 103 cm³/mol. The molecule has 0 saturated carbocycles. The molecule has 1 aliphatic rings. The molecular weight excluding hydrogens is 348 g/mol. The number of aryl methyl sites for hydroxylation is 1. The largest absolute Gasteiger partial charge is 0.349 e. The molecule has 1 atom stereocenters. The van der Waals surface area contributed by atoms with Crippen molar-refractivity contribution in [1.29, 1.82) is 0 Å². The summed E-state index contributed by atoms with van der Waals surface area (Å²) in [7, 11) is 4.04. The second-order valence-corrected chi connectivity index (χ2v) is 8.36. The van der Waals surface area contributed by atoms with E-state index in [0.29, 0.717) is 12.5 Å². The van der Waals surface area contributed by atoms with Gasteiger partial charge in [0, 0.05) is 11.4 Å². The van der Waals surface area contributed by atoms with Crippen LogP contribution in [0, 0.1) is 0 Å². The number of hydrogen-bond acceptors (Lipinski definition) is 6. The fraction of sp³-hybridized carbons (Fsp3) is 0.556. The fourth-order valence-corrected chi connectivity index (χ4v) is 4.95. The number of nitrogens with one attached hydrogen (secondary N) is 1. The first-order chi connectivity index (χ1) is 12.5. The summed E-state index contributed by atoms with van der Waals surface area (Å²) in [6.07, 6.45) is 6.09. The van der Waals surface area contributed by atoms with E-state index in [1.165, 1.54) is 23.3 Å². The van der Waals surface area contributed by atoms with Crippen LogP contribution in [0.2, 0.25) is 0 Å². The summed E-state index contributed by atoms with van der Waals surface area (Å²) in [5.74, 6) is 0.492.